The van der Waals surface area contributed by atoms with Crippen LogP contribution in [0.4, 0.5) is 5.69 Å². The molecule has 0 aromatic heterocycles. The lowest BCUT2D eigenvalue weighted by Crippen LogP contribution is -2.46. The molecule has 0 radical (unpaired) electrons. The summed E-state index contributed by atoms with van der Waals surface area (Å²) in [5.41, 5.74) is 7.14. The Hall–Kier alpha value is -1.30. The highest BCUT2D eigenvalue weighted by Crippen LogP contribution is 2.37. The van der Waals surface area contributed by atoms with Gasteiger partial charge in [0.15, 0.2) is 0 Å². The highest BCUT2D eigenvalue weighted by Gasteiger charge is 2.39. The number of benzene rings is 1. The fourth-order valence-electron chi connectivity index (χ4n) is 3.24. The Morgan fingerprint density at radius 3 is 2.65 bits per heavy atom. The van der Waals surface area contributed by atoms with Gasteiger partial charge in [-0.1, -0.05) is 0 Å². The molecule has 23 heavy (non-hydrogen) atoms. The van der Waals surface area contributed by atoms with Gasteiger partial charge in [0.05, 0.1) is 5.41 Å². The molecule has 128 valence electrons. The average Bonchev–Trinajstić information content (AvgIpc) is 2.81. The standard InChI is InChI=1S/C17H24N2O3.ClH/c1-16(2)10-12-9-13(3-4-14(12)22-16)19-15(20)17(11-18)5-7-21-8-6-17;/h3-4,9H,5-8,10-11,18H2,1-2H3,(H,19,20);1H. The van der Waals surface area contributed by atoms with Crippen LogP contribution >= 0.6 is 12.4 Å². The second-order valence-corrected chi connectivity index (χ2v) is 6.91. The van der Waals surface area contributed by atoms with E-state index in [1.54, 1.807) is 0 Å². The van der Waals surface area contributed by atoms with Crippen LogP contribution in [-0.2, 0) is 16.0 Å². The van der Waals surface area contributed by atoms with E-state index in [0.29, 0.717) is 32.6 Å². The minimum atomic E-state index is -0.507. The second-order valence-electron chi connectivity index (χ2n) is 6.91. The molecule has 5 nitrogen and oxygen atoms in total. The van der Waals surface area contributed by atoms with E-state index in [2.05, 4.69) is 19.2 Å². The highest BCUT2D eigenvalue weighted by atomic mass is 35.5. The molecule has 1 fully saturated rings. The Morgan fingerprint density at radius 2 is 2.00 bits per heavy atom. The number of nitrogens with two attached hydrogens (primary N) is 1. The third-order valence-corrected chi connectivity index (χ3v) is 4.64. The van der Waals surface area contributed by atoms with Gasteiger partial charge in [0.1, 0.15) is 11.4 Å². The van der Waals surface area contributed by atoms with Crippen molar-refractivity contribution in [1.29, 1.82) is 0 Å². The molecule has 6 heteroatoms. The number of ether oxygens (including phenoxy) is 2. The van der Waals surface area contributed by atoms with Crippen LogP contribution in [-0.4, -0.2) is 31.3 Å². The summed E-state index contributed by atoms with van der Waals surface area (Å²) in [6.07, 6.45) is 2.20. The van der Waals surface area contributed by atoms with Crippen molar-refractivity contribution < 1.29 is 14.3 Å². The maximum atomic E-state index is 12.7. The van der Waals surface area contributed by atoms with Crippen LogP contribution in [0.2, 0.25) is 0 Å². The zero-order valence-electron chi connectivity index (χ0n) is 13.7. The molecule has 0 bridgehead atoms. The van der Waals surface area contributed by atoms with Crippen molar-refractivity contribution in [3.63, 3.8) is 0 Å². The molecule has 1 aromatic rings. The molecule has 3 rings (SSSR count). The van der Waals surface area contributed by atoms with E-state index in [9.17, 15) is 4.79 Å². The highest BCUT2D eigenvalue weighted by molar-refractivity contribution is 5.95. The normalized spacial score (nSPS) is 20.8. The van der Waals surface area contributed by atoms with Gasteiger partial charge in [-0.3, -0.25) is 4.79 Å². The van der Waals surface area contributed by atoms with E-state index in [1.165, 1.54) is 0 Å². The van der Waals surface area contributed by atoms with Gasteiger partial charge < -0.3 is 20.5 Å². The molecule has 0 saturated carbocycles. The number of carbonyl (C=O) groups is 1. The zero-order valence-corrected chi connectivity index (χ0v) is 14.5. The number of halogens is 1. The summed E-state index contributed by atoms with van der Waals surface area (Å²) >= 11 is 0. The van der Waals surface area contributed by atoms with Gasteiger partial charge in [-0.2, -0.15) is 0 Å². The molecule has 1 saturated heterocycles. The minimum absolute atomic E-state index is 0. The summed E-state index contributed by atoms with van der Waals surface area (Å²) in [5.74, 6) is 0.902. The molecule has 0 spiro atoms. The fourth-order valence-corrected chi connectivity index (χ4v) is 3.24. The molecule has 0 atom stereocenters. The molecular formula is C17H25ClN2O3. The predicted molar refractivity (Wildman–Crippen MR) is 92.3 cm³/mol. The lowest BCUT2D eigenvalue weighted by Gasteiger charge is -2.34. The largest absolute Gasteiger partial charge is 0.487 e. The summed E-state index contributed by atoms with van der Waals surface area (Å²) in [6, 6.07) is 5.83. The van der Waals surface area contributed by atoms with Gasteiger partial charge in [-0.15, -0.1) is 12.4 Å². The number of rotatable bonds is 3. The van der Waals surface area contributed by atoms with Gasteiger partial charge >= 0.3 is 0 Å². The van der Waals surface area contributed by atoms with Crippen molar-refractivity contribution in [1.82, 2.24) is 0 Å². The van der Waals surface area contributed by atoms with Crippen molar-refractivity contribution in [2.45, 2.75) is 38.7 Å². The first-order chi connectivity index (χ1) is 10.4. The van der Waals surface area contributed by atoms with Gasteiger partial charge in [-0.25, -0.2) is 0 Å². The smallest absolute Gasteiger partial charge is 0.232 e. The van der Waals surface area contributed by atoms with E-state index in [-0.39, 0.29) is 23.9 Å². The SMILES string of the molecule is CC1(C)Cc2cc(NC(=O)C3(CN)CCOCC3)ccc2O1.Cl. The maximum absolute atomic E-state index is 12.7. The lowest BCUT2D eigenvalue weighted by molar-refractivity contribution is -0.130. The Kier molecular flexibility index (Phi) is 5.23. The zero-order chi connectivity index (χ0) is 15.8. The minimum Gasteiger partial charge on any atom is -0.487 e. The Labute approximate surface area is 143 Å². The number of amides is 1. The van der Waals surface area contributed by atoms with Crippen molar-refractivity contribution in [2.24, 2.45) is 11.1 Å². The molecule has 1 aromatic carbocycles. The summed E-state index contributed by atoms with van der Waals surface area (Å²) in [7, 11) is 0. The molecule has 0 unspecified atom stereocenters. The molecule has 1 amide bonds. The van der Waals surface area contributed by atoms with Crippen LogP contribution in [0.1, 0.15) is 32.3 Å². The third-order valence-electron chi connectivity index (χ3n) is 4.64. The quantitative estimate of drug-likeness (QED) is 0.886. The first kappa shape index (κ1) is 18.0. The molecule has 3 N–H and O–H groups in total. The summed E-state index contributed by atoms with van der Waals surface area (Å²) in [4.78, 5) is 12.7. The van der Waals surface area contributed by atoms with Gasteiger partial charge in [0, 0.05) is 37.4 Å². The van der Waals surface area contributed by atoms with Crippen LogP contribution in [0, 0.1) is 5.41 Å². The monoisotopic (exact) mass is 340 g/mol. The molecule has 0 aliphatic carbocycles. The fraction of sp³-hybridized carbons (Fsp3) is 0.588. The number of hydrogen-bond acceptors (Lipinski definition) is 4. The molecular weight excluding hydrogens is 316 g/mol. The number of fused-ring (bicyclic) bond motifs is 1. The van der Waals surface area contributed by atoms with Crippen LogP contribution in [0.3, 0.4) is 0 Å². The van der Waals surface area contributed by atoms with Gasteiger partial charge in [-0.05, 0) is 44.9 Å². The van der Waals surface area contributed by atoms with Crippen LogP contribution in [0.25, 0.3) is 0 Å². The van der Waals surface area contributed by atoms with Gasteiger partial charge in [0.2, 0.25) is 5.91 Å². The van der Waals surface area contributed by atoms with Crippen molar-refractivity contribution in [3.8, 4) is 5.75 Å². The van der Waals surface area contributed by atoms with E-state index in [1.807, 2.05) is 18.2 Å². The maximum Gasteiger partial charge on any atom is 0.232 e. The topological polar surface area (TPSA) is 73.6 Å². The van der Waals surface area contributed by atoms with Crippen molar-refractivity contribution in [2.75, 3.05) is 25.1 Å². The van der Waals surface area contributed by atoms with Crippen molar-refractivity contribution in [3.05, 3.63) is 23.8 Å². The lowest BCUT2D eigenvalue weighted by atomic mass is 9.79. The van der Waals surface area contributed by atoms with E-state index in [0.717, 1.165) is 23.4 Å². The Balaban J connectivity index is 0.00000192. The summed E-state index contributed by atoms with van der Waals surface area (Å²) in [6.45, 7) is 5.67. The third kappa shape index (κ3) is 3.62. The van der Waals surface area contributed by atoms with Gasteiger partial charge in [0.25, 0.3) is 0 Å². The van der Waals surface area contributed by atoms with Crippen LogP contribution in [0.5, 0.6) is 5.75 Å². The first-order valence-electron chi connectivity index (χ1n) is 7.85. The average molecular weight is 341 g/mol. The first-order valence-corrected chi connectivity index (χ1v) is 7.85. The van der Waals surface area contributed by atoms with E-state index < -0.39 is 5.41 Å². The van der Waals surface area contributed by atoms with E-state index >= 15 is 0 Å². The molecule has 2 aliphatic heterocycles. The Bertz CT molecular complexity index is 583. The van der Waals surface area contributed by atoms with Crippen molar-refractivity contribution >= 4 is 24.0 Å². The van der Waals surface area contributed by atoms with E-state index in [4.69, 9.17) is 15.2 Å². The number of hydrogen-bond donors (Lipinski definition) is 2. The Morgan fingerprint density at radius 1 is 1.30 bits per heavy atom. The van der Waals surface area contributed by atoms with Crippen LogP contribution < -0.4 is 15.8 Å². The molecule has 2 heterocycles. The summed E-state index contributed by atoms with van der Waals surface area (Å²) < 4.78 is 11.2. The number of nitrogens with one attached hydrogen (secondary N) is 1. The number of carbonyl (C=O) groups excluding carboxylic acids is 1. The van der Waals surface area contributed by atoms with Crippen LogP contribution in [0.15, 0.2) is 18.2 Å². The molecule has 2 aliphatic rings. The second kappa shape index (κ2) is 6.67. The summed E-state index contributed by atoms with van der Waals surface area (Å²) in [5, 5.41) is 3.03. The number of anilines is 1. The predicted octanol–water partition coefficient (Wildman–Crippen LogP) is 2.52.